The molecule has 2 N–H and O–H groups in total. The molecule has 0 radical (unpaired) electrons. The number of aryl methyl sites for hydroxylation is 2. The average Bonchev–Trinajstić information content (AvgIpc) is 2.62. The zero-order chi connectivity index (χ0) is 19.1. The van der Waals surface area contributed by atoms with E-state index in [4.69, 9.17) is 4.74 Å². The van der Waals surface area contributed by atoms with Crippen molar-refractivity contribution >= 4 is 34.1 Å². The Kier molecular flexibility index (Phi) is 4.03. The summed E-state index contributed by atoms with van der Waals surface area (Å²) in [6, 6.07) is 13.0. The molecule has 0 saturated carbocycles. The molecule has 6 heteroatoms. The zero-order valence-corrected chi connectivity index (χ0v) is 15.3. The number of rotatable bonds is 2. The Morgan fingerprint density at radius 3 is 2.78 bits per heavy atom. The molecule has 1 aromatic heterocycles. The van der Waals surface area contributed by atoms with Gasteiger partial charge in [-0.25, -0.2) is 0 Å². The fourth-order valence-electron chi connectivity index (χ4n) is 3.11. The molecule has 1 unspecified atom stereocenters. The number of aromatic nitrogens is 1. The first-order chi connectivity index (χ1) is 12.9. The van der Waals surface area contributed by atoms with E-state index >= 15 is 0 Å². The number of nitrogens with zero attached hydrogens (tertiary/aromatic N) is 1. The normalized spacial score (nSPS) is 15.7. The van der Waals surface area contributed by atoms with Crippen LogP contribution in [0.5, 0.6) is 5.75 Å². The first-order valence-electron chi connectivity index (χ1n) is 8.71. The van der Waals surface area contributed by atoms with Gasteiger partial charge in [-0.3, -0.25) is 14.6 Å². The average molecular weight is 361 g/mol. The van der Waals surface area contributed by atoms with Crippen LogP contribution in [0.3, 0.4) is 0 Å². The van der Waals surface area contributed by atoms with E-state index in [0.29, 0.717) is 28.4 Å². The van der Waals surface area contributed by atoms with Gasteiger partial charge < -0.3 is 15.4 Å². The Labute approximate surface area is 156 Å². The Hall–Kier alpha value is -3.41. The van der Waals surface area contributed by atoms with Gasteiger partial charge in [-0.2, -0.15) is 0 Å². The number of fused-ring (bicyclic) bond motifs is 2. The van der Waals surface area contributed by atoms with Crippen molar-refractivity contribution in [1.29, 1.82) is 0 Å². The number of pyridine rings is 1. The third-order valence-corrected chi connectivity index (χ3v) is 4.57. The lowest BCUT2D eigenvalue weighted by atomic mass is 10.1. The van der Waals surface area contributed by atoms with Gasteiger partial charge in [0.15, 0.2) is 6.10 Å². The monoisotopic (exact) mass is 361 g/mol. The number of carbonyl (C=O) groups is 2. The third kappa shape index (κ3) is 3.21. The molecule has 27 heavy (non-hydrogen) atoms. The highest BCUT2D eigenvalue weighted by Gasteiger charge is 2.23. The molecule has 1 atom stereocenters. The summed E-state index contributed by atoms with van der Waals surface area (Å²) in [6.07, 6.45) is -0.535. The van der Waals surface area contributed by atoms with E-state index in [1.54, 1.807) is 25.1 Å². The summed E-state index contributed by atoms with van der Waals surface area (Å²) >= 11 is 0. The lowest BCUT2D eigenvalue weighted by Gasteiger charge is -2.23. The van der Waals surface area contributed by atoms with E-state index in [9.17, 15) is 9.59 Å². The first kappa shape index (κ1) is 17.0. The predicted molar refractivity (Wildman–Crippen MR) is 104 cm³/mol. The van der Waals surface area contributed by atoms with Crippen molar-refractivity contribution in [2.75, 3.05) is 10.6 Å². The van der Waals surface area contributed by atoms with Crippen LogP contribution in [0.2, 0.25) is 0 Å². The van der Waals surface area contributed by atoms with Crippen LogP contribution < -0.4 is 15.4 Å². The van der Waals surface area contributed by atoms with Crippen LogP contribution in [-0.4, -0.2) is 22.9 Å². The van der Waals surface area contributed by atoms with Crippen LogP contribution in [0.1, 0.15) is 28.5 Å². The lowest BCUT2D eigenvalue weighted by molar-refractivity contribution is -0.122. The van der Waals surface area contributed by atoms with Gasteiger partial charge in [0.1, 0.15) is 5.75 Å². The van der Waals surface area contributed by atoms with Gasteiger partial charge in [0.05, 0.1) is 22.5 Å². The van der Waals surface area contributed by atoms with Gasteiger partial charge in [0.25, 0.3) is 11.8 Å². The van der Waals surface area contributed by atoms with E-state index in [-0.39, 0.29) is 11.8 Å². The molecule has 2 aromatic carbocycles. The van der Waals surface area contributed by atoms with Crippen molar-refractivity contribution in [2.24, 2.45) is 0 Å². The van der Waals surface area contributed by atoms with Crippen LogP contribution in [0, 0.1) is 13.8 Å². The highest BCUT2D eigenvalue weighted by molar-refractivity contribution is 6.07. The fourth-order valence-corrected chi connectivity index (χ4v) is 3.11. The number of amides is 2. The second-order valence-corrected chi connectivity index (χ2v) is 6.73. The minimum atomic E-state index is -0.535. The molecule has 0 aliphatic carbocycles. The standard InChI is InChI=1S/C21H19N3O3/c1-11-4-6-17-14(8-11)9-16(12(2)22-17)21(26)23-15-5-7-19-18(10-15)24-20(25)13(3)27-19/h4-10,13H,1-3H3,(H,23,26)(H,24,25). The van der Waals surface area contributed by atoms with Crippen molar-refractivity contribution < 1.29 is 14.3 Å². The number of anilines is 2. The molecule has 0 spiro atoms. The van der Waals surface area contributed by atoms with E-state index in [1.165, 1.54) is 0 Å². The van der Waals surface area contributed by atoms with Gasteiger partial charge >= 0.3 is 0 Å². The largest absolute Gasteiger partial charge is 0.479 e. The molecule has 0 saturated heterocycles. The smallest absolute Gasteiger partial charge is 0.265 e. The SMILES string of the molecule is Cc1ccc2nc(C)c(C(=O)Nc3ccc4c(c3)NC(=O)C(C)O4)cc2c1. The summed E-state index contributed by atoms with van der Waals surface area (Å²) in [5.41, 5.74) is 4.25. The van der Waals surface area contributed by atoms with Crippen molar-refractivity contribution in [3.05, 3.63) is 59.3 Å². The van der Waals surface area contributed by atoms with Crippen molar-refractivity contribution in [2.45, 2.75) is 26.9 Å². The van der Waals surface area contributed by atoms with Crippen molar-refractivity contribution in [1.82, 2.24) is 4.98 Å². The van der Waals surface area contributed by atoms with Crippen molar-refractivity contribution in [3.63, 3.8) is 0 Å². The Morgan fingerprint density at radius 1 is 1.15 bits per heavy atom. The summed E-state index contributed by atoms with van der Waals surface area (Å²) < 4.78 is 5.53. The Morgan fingerprint density at radius 2 is 1.96 bits per heavy atom. The van der Waals surface area contributed by atoms with Crippen LogP contribution in [0.4, 0.5) is 11.4 Å². The molecule has 136 valence electrons. The molecule has 1 aliphatic rings. The Bertz CT molecular complexity index is 1090. The van der Waals surface area contributed by atoms with E-state index in [1.807, 2.05) is 38.1 Å². The topological polar surface area (TPSA) is 80.3 Å². The van der Waals surface area contributed by atoms with E-state index < -0.39 is 6.10 Å². The molecule has 0 fully saturated rings. The lowest BCUT2D eigenvalue weighted by Crippen LogP contribution is -2.34. The second kappa shape index (κ2) is 6.39. The number of hydrogen-bond acceptors (Lipinski definition) is 4. The number of nitrogens with one attached hydrogen (secondary N) is 2. The van der Waals surface area contributed by atoms with E-state index in [0.717, 1.165) is 16.5 Å². The second-order valence-electron chi connectivity index (χ2n) is 6.73. The third-order valence-electron chi connectivity index (χ3n) is 4.57. The summed E-state index contributed by atoms with van der Waals surface area (Å²) in [5.74, 6) is 0.120. The van der Waals surface area contributed by atoms with Gasteiger partial charge in [0.2, 0.25) is 0 Å². The fraction of sp³-hybridized carbons (Fsp3) is 0.190. The quantitative estimate of drug-likeness (QED) is 0.727. The number of benzene rings is 2. The first-order valence-corrected chi connectivity index (χ1v) is 8.71. The summed E-state index contributed by atoms with van der Waals surface area (Å²) in [7, 11) is 0. The summed E-state index contributed by atoms with van der Waals surface area (Å²) in [6.45, 7) is 5.51. The maximum absolute atomic E-state index is 12.8. The zero-order valence-electron chi connectivity index (χ0n) is 15.3. The molecule has 1 aliphatic heterocycles. The molecule has 2 amide bonds. The van der Waals surface area contributed by atoms with Crippen LogP contribution >= 0.6 is 0 Å². The van der Waals surface area contributed by atoms with Crippen LogP contribution in [-0.2, 0) is 4.79 Å². The van der Waals surface area contributed by atoms with Crippen LogP contribution in [0.15, 0.2) is 42.5 Å². The molecule has 6 nitrogen and oxygen atoms in total. The van der Waals surface area contributed by atoms with Crippen LogP contribution in [0.25, 0.3) is 10.9 Å². The van der Waals surface area contributed by atoms with Gasteiger partial charge in [0, 0.05) is 11.1 Å². The van der Waals surface area contributed by atoms with Gasteiger partial charge in [-0.1, -0.05) is 11.6 Å². The number of carbonyl (C=O) groups excluding carboxylic acids is 2. The van der Waals surface area contributed by atoms with Gasteiger partial charge in [-0.05, 0) is 57.2 Å². The molecule has 0 bridgehead atoms. The molecule has 2 heterocycles. The predicted octanol–water partition coefficient (Wildman–Crippen LogP) is 3.82. The highest BCUT2D eigenvalue weighted by atomic mass is 16.5. The molecular formula is C21H19N3O3. The summed E-state index contributed by atoms with van der Waals surface area (Å²) in [5, 5.41) is 6.57. The summed E-state index contributed by atoms with van der Waals surface area (Å²) in [4.78, 5) is 29.1. The molecule has 4 rings (SSSR count). The Balaban J connectivity index is 1.63. The molecular weight excluding hydrogens is 342 g/mol. The van der Waals surface area contributed by atoms with Gasteiger partial charge in [-0.15, -0.1) is 0 Å². The van der Waals surface area contributed by atoms with Crippen molar-refractivity contribution in [3.8, 4) is 5.75 Å². The minimum Gasteiger partial charge on any atom is -0.479 e. The maximum Gasteiger partial charge on any atom is 0.265 e. The maximum atomic E-state index is 12.8. The number of hydrogen-bond donors (Lipinski definition) is 2. The molecule has 3 aromatic rings. The number of ether oxygens (including phenoxy) is 1. The van der Waals surface area contributed by atoms with E-state index in [2.05, 4.69) is 15.6 Å². The minimum absolute atomic E-state index is 0.212. The highest BCUT2D eigenvalue weighted by Crippen LogP contribution is 2.32.